The van der Waals surface area contributed by atoms with Crippen LogP contribution in [0, 0.1) is 5.82 Å². The van der Waals surface area contributed by atoms with Gasteiger partial charge in [0.1, 0.15) is 5.82 Å². The van der Waals surface area contributed by atoms with Crippen molar-refractivity contribution in [2.45, 2.75) is 23.8 Å². The molecule has 1 fully saturated rings. The summed E-state index contributed by atoms with van der Waals surface area (Å²) in [5.74, 6) is -0.402. The topological polar surface area (TPSA) is 106 Å². The maximum absolute atomic E-state index is 13.4. The van der Waals surface area contributed by atoms with E-state index in [1.54, 1.807) is 0 Å². The van der Waals surface area contributed by atoms with Gasteiger partial charge in [-0.1, -0.05) is 0 Å². The molecule has 0 radical (unpaired) electrons. The zero-order chi connectivity index (χ0) is 15.6. The number of carbonyl (C=O) groups excluding carboxylic acids is 1. The molecule has 1 heterocycles. The summed E-state index contributed by atoms with van der Waals surface area (Å²) < 4.78 is 47.1. The van der Waals surface area contributed by atoms with Gasteiger partial charge < -0.3 is 5.32 Å². The molecule has 6 nitrogen and oxygen atoms in total. The van der Waals surface area contributed by atoms with Crippen LogP contribution >= 0.6 is 0 Å². The van der Waals surface area contributed by atoms with Crippen molar-refractivity contribution in [1.82, 2.24) is 5.32 Å². The number of benzene rings is 1. The van der Waals surface area contributed by atoms with Gasteiger partial charge in [0, 0.05) is 33.9 Å². The maximum atomic E-state index is 13.4. The largest absolute Gasteiger partial charge is 0.349 e. The summed E-state index contributed by atoms with van der Waals surface area (Å²) in [5.41, 5.74) is -0.106. The highest BCUT2D eigenvalue weighted by atomic mass is 32.2. The highest BCUT2D eigenvalue weighted by Gasteiger charge is 2.21. The average molecular weight is 334 g/mol. The Morgan fingerprint density at radius 1 is 1.29 bits per heavy atom. The van der Waals surface area contributed by atoms with E-state index in [9.17, 15) is 21.8 Å². The summed E-state index contributed by atoms with van der Waals surface area (Å²) >= 11 is 0. The van der Waals surface area contributed by atoms with E-state index in [2.05, 4.69) is 5.32 Å². The number of nitrogens with one attached hydrogen (secondary N) is 1. The van der Waals surface area contributed by atoms with E-state index in [1.165, 1.54) is 0 Å². The van der Waals surface area contributed by atoms with Crippen LogP contribution in [0.4, 0.5) is 4.39 Å². The van der Waals surface area contributed by atoms with E-state index in [1.807, 2.05) is 0 Å². The highest BCUT2D eigenvalue weighted by molar-refractivity contribution is 7.89. The predicted molar refractivity (Wildman–Crippen MR) is 76.1 cm³/mol. The Morgan fingerprint density at radius 3 is 2.48 bits per heavy atom. The first-order valence-corrected chi connectivity index (χ1v) is 9.28. The van der Waals surface area contributed by atoms with Gasteiger partial charge in [-0.2, -0.15) is 0 Å². The van der Waals surface area contributed by atoms with Crippen LogP contribution in [0.1, 0.15) is 23.2 Å². The molecule has 0 unspecified atom stereocenters. The van der Waals surface area contributed by atoms with Crippen molar-refractivity contribution in [2.24, 2.45) is 5.14 Å². The monoisotopic (exact) mass is 334 g/mol. The van der Waals surface area contributed by atoms with Crippen LogP contribution in [0.2, 0.25) is 0 Å². The van der Waals surface area contributed by atoms with Gasteiger partial charge in [0.2, 0.25) is 10.0 Å². The average Bonchev–Trinajstić information content (AvgIpc) is 2.39. The van der Waals surface area contributed by atoms with Gasteiger partial charge in [-0.15, -0.1) is 0 Å². The van der Waals surface area contributed by atoms with E-state index in [4.69, 9.17) is 5.14 Å². The van der Waals surface area contributed by atoms with Crippen molar-refractivity contribution in [3.63, 3.8) is 0 Å². The van der Waals surface area contributed by atoms with Gasteiger partial charge in [0.05, 0.1) is 4.90 Å². The Hall–Kier alpha value is -1.32. The third kappa shape index (κ3) is 4.32. The molecule has 0 atom stereocenters. The lowest BCUT2D eigenvalue weighted by molar-refractivity contribution is 0.0934. The van der Waals surface area contributed by atoms with E-state index >= 15 is 0 Å². The van der Waals surface area contributed by atoms with Crippen LogP contribution in [0.15, 0.2) is 23.1 Å². The smallest absolute Gasteiger partial charge is 0.251 e. The SMILES string of the molecule is NS(=O)(=O)c1cc(F)cc(C(=O)NC2CCS(=O)CC2)c1. The lowest BCUT2D eigenvalue weighted by Gasteiger charge is -2.22. The molecule has 1 amide bonds. The number of hydrogen-bond donors (Lipinski definition) is 2. The molecule has 3 N–H and O–H groups in total. The number of sulfonamides is 1. The minimum Gasteiger partial charge on any atom is -0.349 e. The second-order valence-electron chi connectivity index (χ2n) is 4.82. The first-order valence-electron chi connectivity index (χ1n) is 6.25. The lowest BCUT2D eigenvalue weighted by Crippen LogP contribution is -2.39. The number of carbonyl (C=O) groups is 1. The van der Waals surface area contributed by atoms with Crippen LogP contribution in [0.5, 0.6) is 0 Å². The second-order valence-corrected chi connectivity index (χ2v) is 8.07. The van der Waals surface area contributed by atoms with Crippen LogP contribution < -0.4 is 10.5 Å². The molecule has 0 aliphatic carbocycles. The van der Waals surface area contributed by atoms with Crippen LogP contribution in [0.3, 0.4) is 0 Å². The Kier molecular flexibility index (Phi) is 4.74. The molecule has 1 aromatic rings. The maximum Gasteiger partial charge on any atom is 0.251 e. The molecule has 21 heavy (non-hydrogen) atoms. The van der Waals surface area contributed by atoms with Gasteiger partial charge in [0.15, 0.2) is 0 Å². The standard InChI is InChI=1S/C12H15FN2O4S2/c13-9-5-8(6-11(7-9)21(14,18)19)12(16)15-10-1-3-20(17)4-2-10/h5-7,10H,1-4H2,(H,15,16)(H2,14,18,19). The first kappa shape index (κ1) is 16.1. The molecule has 0 aromatic heterocycles. The Balaban J connectivity index is 2.16. The minimum absolute atomic E-state index is 0.106. The van der Waals surface area contributed by atoms with E-state index < -0.39 is 37.4 Å². The lowest BCUT2D eigenvalue weighted by atomic mass is 10.1. The third-order valence-corrected chi connectivity index (χ3v) is 5.46. The fourth-order valence-electron chi connectivity index (χ4n) is 2.06. The number of amides is 1. The number of hydrogen-bond acceptors (Lipinski definition) is 4. The zero-order valence-corrected chi connectivity index (χ0v) is 12.7. The van der Waals surface area contributed by atoms with E-state index in [0.29, 0.717) is 24.3 Å². The fourth-order valence-corrected chi connectivity index (χ4v) is 3.93. The molecular formula is C12H15FN2O4S2. The number of rotatable bonds is 3. The van der Waals surface area contributed by atoms with Crippen molar-refractivity contribution >= 4 is 26.7 Å². The normalized spacial score (nSPS) is 22.8. The van der Waals surface area contributed by atoms with Crippen molar-refractivity contribution in [1.29, 1.82) is 0 Å². The molecule has 116 valence electrons. The van der Waals surface area contributed by atoms with Gasteiger partial charge in [-0.25, -0.2) is 17.9 Å². The molecule has 1 aromatic carbocycles. The van der Waals surface area contributed by atoms with Crippen molar-refractivity contribution in [3.05, 3.63) is 29.6 Å². The van der Waals surface area contributed by atoms with E-state index in [0.717, 1.165) is 18.2 Å². The van der Waals surface area contributed by atoms with Gasteiger partial charge >= 0.3 is 0 Å². The molecular weight excluding hydrogens is 319 g/mol. The summed E-state index contributed by atoms with van der Waals surface area (Å²) in [6.45, 7) is 0. The van der Waals surface area contributed by atoms with E-state index in [-0.39, 0.29) is 11.6 Å². The van der Waals surface area contributed by atoms with Crippen molar-refractivity contribution in [3.8, 4) is 0 Å². The molecule has 1 saturated heterocycles. The highest BCUT2D eigenvalue weighted by Crippen LogP contribution is 2.15. The third-order valence-electron chi connectivity index (χ3n) is 3.19. The summed E-state index contributed by atoms with van der Waals surface area (Å²) in [4.78, 5) is 11.6. The van der Waals surface area contributed by atoms with Gasteiger partial charge in [-0.05, 0) is 31.0 Å². The Morgan fingerprint density at radius 2 is 1.90 bits per heavy atom. The summed E-state index contributed by atoms with van der Waals surface area (Å²) in [7, 11) is -4.93. The van der Waals surface area contributed by atoms with Crippen LogP contribution in [-0.2, 0) is 20.8 Å². The minimum atomic E-state index is -4.08. The molecule has 1 aliphatic rings. The zero-order valence-electron chi connectivity index (χ0n) is 11.0. The van der Waals surface area contributed by atoms with Crippen molar-refractivity contribution < 1.29 is 21.8 Å². The Bertz CT molecular complexity index is 680. The van der Waals surface area contributed by atoms with Crippen molar-refractivity contribution in [2.75, 3.05) is 11.5 Å². The number of primary sulfonamides is 1. The molecule has 0 saturated carbocycles. The molecule has 9 heteroatoms. The molecule has 0 bridgehead atoms. The molecule has 0 spiro atoms. The van der Waals surface area contributed by atoms with Gasteiger partial charge in [0.25, 0.3) is 5.91 Å². The number of nitrogens with two attached hydrogens (primary N) is 1. The Labute approximate surface area is 124 Å². The van der Waals surface area contributed by atoms with Crippen LogP contribution in [0.25, 0.3) is 0 Å². The fraction of sp³-hybridized carbons (Fsp3) is 0.417. The predicted octanol–water partition coefficient (Wildman–Crippen LogP) is 0.114. The number of halogens is 1. The van der Waals surface area contributed by atoms with Gasteiger partial charge in [-0.3, -0.25) is 9.00 Å². The summed E-state index contributed by atoms with van der Waals surface area (Å²) in [6, 6.07) is 2.60. The summed E-state index contributed by atoms with van der Waals surface area (Å²) in [5, 5.41) is 7.62. The summed E-state index contributed by atoms with van der Waals surface area (Å²) in [6.07, 6.45) is 1.16. The molecule has 2 rings (SSSR count). The quantitative estimate of drug-likeness (QED) is 0.818. The first-order chi connectivity index (χ1) is 9.75. The second kappa shape index (κ2) is 6.20. The van der Waals surface area contributed by atoms with Crippen LogP contribution in [-0.4, -0.2) is 36.1 Å². The molecule has 1 aliphatic heterocycles.